The number of nitrogens with one attached hydrogen (secondary N) is 2. The highest BCUT2D eigenvalue weighted by atomic mass is 32.1. The average molecular weight is 351 g/mol. The number of hydrogen-bond donors (Lipinski definition) is 3. The molecule has 2 amide bonds. The lowest BCUT2D eigenvalue weighted by atomic mass is 10.0. The normalized spacial score (nSPS) is 21.3. The number of rotatable bonds is 4. The van der Waals surface area contributed by atoms with Crippen LogP contribution >= 0.6 is 11.3 Å². The summed E-state index contributed by atoms with van der Waals surface area (Å²) in [7, 11) is 0. The van der Waals surface area contributed by atoms with Gasteiger partial charge in [0.1, 0.15) is 17.0 Å². The standard InChI is InChI=1S/C14H17N5O4S/c20-12(11-4-24-9-18-11)16-5-14(22)6-19(1-2-23-7-14)13(21)10-3-15-8-17-10/h3-4,8-9,22H,1-2,5-7H2,(H,15,17)(H,16,20)/t14-/m1/s1. The molecule has 3 N–H and O–H groups in total. The van der Waals surface area contributed by atoms with Gasteiger partial charge in [-0.05, 0) is 0 Å². The maximum absolute atomic E-state index is 12.4. The number of carbonyl (C=O) groups is 2. The van der Waals surface area contributed by atoms with Crippen LogP contribution in [0.3, 0.4) is 0 Å². The zero-order valence-corrected chi connectivity index (χ0v) is 13.6. The minimum absolute atomic E-state index is 0.0249. The van der Waals surface area contributed by atoms with Crippen molar-refractivity contribution >= 4 is 23.2 Å². The molecule has 1 aliphatic heterocycles. The second-order valence-corrected chi connectivity index (χ2v) is 6.24. The number of aromatic amines is 1. The van der Waals surface area contributed by atoms with Crippen molar-refractivity contribution in [2.24, 2.45) is 0 Å². The van der Waals surface area contributed by atoms with E-state index in [9.17, 15) is 14.7 Å². The first kappa shape index (κ1) is 16.6. The van der Waals surface area contributed by atoms with E-state index < -0.39 is 5.60 Å². The van der Waals surface area contributed by atoms with Gasteiger partial charge in [-0.2, -0.15) is 0 Å². The van der Waals surface area contributed by atoms with Gasteiger partial charge in [0.15, 0.2) is 0 Å². The van der Waals surface area contributed by atoms with Crippen molar-refractivity contribution in [2.45, 2.75) is 5.60 Å². The van der Waals surface area contributed by atoms with Gasteiger partial charge in [-0.1, -0.05) is 0 Å². The highest BCUT2D eigenvalue weighted by Crippen LogP contribution is 2.14. The Hall–Kier alpha value is -2.30. The fraction of sp³-hybridized carbons (Fsp3) is 0.429. The summed E-state index contributed by atoms with van der Waals surface area (Å²) in [5, 5.41) is 15.0. The topological polar surface area (TPSA) is 120 Å². The number of H-pyrrole nitrogens is 1. The molecule has 2 aromatic heterocycles. The third-order valence-electron chi connectivity index (χ3n) is 3.62. The molecule has 24 heavy (non-hydrogen) atoms. The van der Waals surface area contributed by atoms with Crippen molar-refractivity contribution in [1.29, 1.82) is 0 Å². The van der Waals surface area contributed by atoms with Crippen LogP contribution in [0.4, 0.5) is 0 Å². The number of aliphatic hydroxyl groups is 1. The van der Waals surface area contributed by atoms with Crippen LogP contribution in [0.25, 0.3) is 0 Å². The second kappa shape index (κ2) is 7.07. The first-order chi connectivity index (χ1) is 11.6. The van der Waals surface area contributed by atoms with Gasteiger partial charge < -0.3 is 25.0 Å². The van der Waals surface area contributed by atoms with E-state index >= 15 is 0 Å². The Morgan fingerprint density at radius 3 is 3.12 bits per heavy atom. The number of thiazole rings is 1. The number of ether oxygens (including phenoxy) is 1. The van der Waals surface area contributed by atoms with Crippen LogP contribution in [0, 0.1) is 0 Å². The number of imidazole rings is 1. The Bertz CT molecular complexity index is 690. The van der Waals surface area contributed by atoms with Crippen LogP contribution < -0.4 is 5.32 Å². The molecule has 0 bridgehead atoms. The monoisotopic (exact) mass is 351 g/mol. The summed E-state index contributed by atoms with van der Waals surface area (Å²) < 4.78 is 5.40. The Morgan fingerprint density at radius 2 is 2.42 bits per heavy atom. The van der Waals surface area contributed by atoms with Crippen molar-refractivity contribution in [1.82, 2.24) is 25.2 Å². The summed E-state index contributed by atoms with van der Waals surface area (Å²) in [4.78, 5) is 36.4. The molecule has 2 aromatic rings. The number of carbonyl (C=O) groups excluding carboxylic acids is 2. The van der Waals surface area contributed by atoms with E-state index in [2.05, 4.69) is 20.3 Å². The number of nitrogens with zero attached hydrogens (tertiary/aromatic N) is 3. The molecule has 1 atom stereocenters. The van der Waals surface area contributed by atoms with Gasteiger partial charge in [-0.15, -0.1) is 11.3 Å². The first-order valence-electron chi connectivity index (χ1n) is 7.32. The van der Waals surface area contributed by atoms with Crippen molar-refractivity contribution in [3.63, 3.8) is 0 Å². The summed E-state index contributed by atoms with van der Waals surface area (Å²) in [5.74, 6) is -0.650. The van der Waals surface area contributed by atoms with Crippen LogP contribution in [0.2, 0.25) is 0 Å². The molecule has 1 fully saturated rings. The zero-order valence-electron chi connectivity index (χ0n) is 12.8. The number of aromatic nitrogens is 3. The van der Waals surface area contributed by atoms with E-state index in [0.717, 1.165) is 0 Å². The van der Waals surface area contributed by atoms with E-state index in [0.29, 0.717) is 24.5 Å². The van der Waals surface area contributed by atoms with E-state index in [4.69, 9.17) is 4.74 Å². The van der Waals surface area contributed by atoms with Crippen molar-refractivity contribution in [2.75, 3.05) is 32.8 Å². The van der Waals surface area contributed by atoms with E-state index in [-0.39, 0.29) is 31.5 Å². The molecule has 9 nitrogen and oxygen atoms in total. The lowest BCUT2D eigenvalue weighted by Gasteiger charge is -2.30. The lowest BCUT2D eigenvalue weighted by Crippen LogP contribution is -2.53. The Morgan fingerprint density at radius 1 is 1.54 bits per heavy atom. The van der Waals surface area contributed by atoms with Crippen LogP contribution in [-0.2, 0) is 4.74 Å². The van der Waals surface area contributed by atoms with Crippen LogP contribution in [0.5, 0.6) is 0 Å². The molecule has 3 heterocycles. The third-order valence-corrected chi connectivity index (χ3v) is 4.21. The van der Waals surface area contributed by atoms with Gasteiger partial charge in [0, 0.05) is 11.9 Å². The van der Waals surface area contributed by atoms with Gasteiger partial charge in [0.2, 0.25) is 0 Å². The predicted molar refractivity (Wildman–Crippen MR) is 84.7 cm³/mol. The molecule has 10 heteroatoms. The maximum atomic E-state index is 12.4. The van der Waals surface area contributed by atoms with E-state index in [1.807, 2.05) is 0 Å². The minimum Gasteiger partial charge on any atom is -0.384 e. The highest BCUT2D eigenvalue weighted by Gasteiger charge is 2.35. The Labute approximate surface area is 141 Å². The van der Waals surface area contributed by atoms with Gasteiger partial charge in [-0.3, -0.25) is 9.59 Å². The largest absolute Gasteiger partial charge is 0.384 e. The molecule has 128 valence electrons. The van der Waals surface area contributed by atoms with Gasteiger partial charge >= 0.3 is 0 Å². The Kier molecular flexibility index (Phi) is 4.88. The summed E-state index contributed by atoms with van der Waals surface area (Å²) in [5.41, 5.74) is 0.815. The predicted octanol–water partition coefficient (Wildman–Crippen LogP) is -0.500. The third kappa shape index (κ3) is 3.78. The first-order valence-corrected chi connectivity index (χ1v) is 8.26. The van der Waals surface area contributed by atoms with E-state index in [1.54, 1.807) is 10.9 Å². The molecule has 1 saturated heterocycles. The van der Waals surface area contributed by atoms with Crippen molar-refractivity contribution < 1.29 is 19.4 Å². The summed E-state index contributed by atoms with van der Waals surface area (Å²) in [6.07, 6.45) is 2.85. The highest BCUT2D eigenvalue weighted by molar-refractivity contribution is 7.07. The Balaban J connectivity index is 1.64. The summed E-state index contributed by atoms with van der Waals surface area (Å²) in [6, 6.07) is 0. The van der Waals surface area contributed by atoms with Gasteiger partial charge in [-0.25, -0.2) is 9.97 Å². The molecular weight excluding hydrogens is 334 g/mol. The number of amides is 2. The molecule has 0 aliphatic carbocycles. The molecule has 0 radical (unpaired) electrons. The van der Waals surface area contributed by atoms with Crippen LogP contribution in [0.1, 0.15) is 21.0 Å². The minimum atomic E-state index is -1.38. The molecule has 3 rings (SSSR count). The number of hydrogen-bond acceptors (Lipinski definition) is 7. The zero-order chi connectivity index (χ0) is 17.0. The summed E-state index contributed by atoms with van der Waals surface area (Å²) >= 11 is 1.31. The second-order valence-electron chi connectivity index (χ2n) is 5.53. The molecule has 0 unspecified atom stereocenters. The average Bonchev–Trinajstić information content (AvgIpc) is 3.25. The van der Waals surface area contributed by atoms with Gasteiger partial charge in [0.05, 0.1) is 44.3 Å². The van der Waals surface area contributed by atoms with Crippen molar-refractivity contribution in [3.8, 4) is 0 Å². The molecule has 0 saturated carbocycles. The quantitative estimate of drug-likeness (QED) is 0.683. The SMILES string of the molecule is O=C(NC[C@]1(O)COCCN(C(=O)c2cnc[nH]2)C1)c1cscn1. The van der Waals surface area contributed by atoms with E-state index in [1.165, 1.54) is 28.8 Å². The fourth-order valence-electron chi connectivity index (χ4n) is 2.40. The molecule has 0 spiro atoms. The molecule has 1 aliphatic rings. The summed E-state index contributed by atoms with van der Waals surface area (Å²) in [6.45, 7) is 0.678. The van der Waals surface area contributed by atoms with Crippen molar-refractivity contribution in [3.05, 3.63) is 34.8 Å². The van der Waals surface area contributed by atoms with Gasteiger partial charge in [0.25, 0.3) is 11.8 Å². The smallest absolute Gasteiger partial charge is 0.272 e. The van der Waals surface area contributed by atoms with Crippen LogP contribution in [-0.4, -0.2) is 75.2 Å². The molecular formula is C14H17N5O4S. The lowest BCUT2D eigenvalue weighted by molar-refractivity contribution is -0.0324. The number of β-amino-alcohol motifs (C(OH)–C–C–N with tert-alkyl or cyclic N) is 1. The van der Waals surface area contributed by atoms with Crippen LogP contribution in [0.15, 0.2) is 23.4 Å². The molecule has 0 aromatic carbocycles. The maximum Gasteiger partial charge on any atom is 0.272 e. The fourth-order valence-corrected chi connectivity index (χ4v) is 2.93.